The molecule has 15 atom stereocenters. The number of amides is 2. The molecular formula is C64H71NO19S. The van der Waals surface area contributed by atoms with Gasteiger partial charge in [0, 0.05) is 27.7 Å². The molecule has 4 aliphatic rings. The summed E-state index contributed by atoms with van der Waals surface area (Å²) in [7, 11) is 0. The van der Waals surface area contributed by atoms with Gasteiger partial charge in [0.2, 0.25) is 0 Å². The van der Waals surface area contributed by atoms with Gasteiger partial charge in [-0.3, -0.25) is 33.7 Å². The first-order valence-electron chi connectivity index (χ1n) is 28.3. The maximum absolute atomic E-state index is 15.1. The number of thioether (sulfide) groups is 1. The second-order valence-corrected chi connectivity index (χ2v) is 22.2. The van der Waals surface area contributed by atoms with Crippen LogP contribution in [0, 0.1) is 0 Å². The molecule has 0 bridgehead atoms. The maximum atomic E-state index is 15.1. The molecule has 85 heavy (non-hydrogen) atoms. The van der Waals surface area contributed by atoms with Gasteiger partial charge in [-0.1, -0.05) is 140 Å². The summed E-state index contributed by atoms with van der Waals surface area (Å²) in [4.78, 5) is 83.0. The van der Waals surface area contributed by atoms with Crippen molar-refractivity contribution in [1.82, 2.24) is 4.90 Å². The minimum absolute atomic E-state index is 0.0320. The van der Waals surface area contributed by atoms with E-state index in [9.17, 15) is 19.2 Å². The summed E-state index contributed by atoms with van der Waals surface area (Å²) in [5.41, 5.74) is 2.58. The second kappa shape index (κ2) is 30.0. The Morgan fingerprint density at radius 1 is 0.459 bits per heavy atom. The number of fused-ring (bicyclic) bond motifs is 1. The number of carbonyl (C=O) groups is 6. The fourth-order valence-electron chi connectivity index (χ4n) is 10.9. The van der Waals surface area contributed by atoms with Crippen molar-refractivity contribution in [3.63, 3.8) is 0 Å². The minimum atomic E-state index is -1.82. The molecular weight excluding hydrogens is 1120 g/mol. The van der Waals surface area contributed by atoms with Crippen LogP contribution >= 0.6 is 11.8 Å². The quantitative estimate of drug-likeness (QED) is 0.0310. The summed E-state index contributed by atoms with van der Waals surface area (Å²) in [5, 5.41) is 0. The summed E-state index contributed by atoms with van der Waals surface area (Å²) >= 11 is 1.30. The molecule has 20 nitrogen and oxygen atoms in total. The van der Waals surface area contributed by atoms with E-state index in [-0.39, 0.29) is 44.2 Å². The molecule has 21 heteroatoms. The first-order chi connectivity index (χ1) is 41.2. The highest BCUT2D eigenvalue weighted by atomic mass is 32.2. The van der Waals surface area contributed by atoms with Gasteiger partial charge in [0.1, 0.15) is 60.8 Å². The fraction of sp³-hybridized carbons (Fsp3) is 0.438. The number of imide groups is 1. The first kappa shape index (κ1) is 62.6. The zero-order valence-corrected chi connectivity index (χ0v) is 48.9. The van der Waals surface area contributed by atoms with E-state index in [1.54, 1.807) is 24.3 Å². The highest BCUT2D eigenvalue weighted by Crippen LogP contribution is 2.43. The highest BCUT2D eigenvalue weighted by molar-refractivity contribution is 7.99. The Kier molecular flexibility index (Phi) is 22.1. The molecule has 0 radical (unpaired) electrons. The van der Waals surface area contributed by atoms with E-state index >= 15 is 9.59 Å². The Labute approximate surface area is 497 Å². The summed E-state index contributed by atoms with van der Waals surface area (Å²) in [6.45, 7) is 7.83. The normalized spacial score (nSPS) is 28.3. The lowest BCUT2D eigenvalue weighted by Crippen LogP contribution is -2.70. The lowest BCUT2D eigenvalue weighted by atomic mass is 9.94. The first-order valence-corrected chi connectivity index (χ1v) is 29.3. The van der Waals surface area contributed by atoms with E-state index in [0.29, 0.717) is 5.75 Å². The molecule has 3 fully saturated rings. The van der Waals surface area contributed by atoms with Crippen LogP contribution in [0.2, 0.25) is 0 Å². The van der Waals surface area contributed by atoms with Crippen molar-refractivity contribution in [1.29, 1.82) is 0 Å². The van der Waals surface area contributed by atoms with Crippen molar-refractivity contribution in [2.75, 3.05) is 19.0 Å². The zero-order chi connectivity index (χ0) is 60.0. The van der Waals surface area contributed by atoms with Crippen LogP contribution in [0.1, 0.15) is 84.5 Å². The van der Waals surface area contributed by atoms with Crippen LogP contribution in [0.5, 0.6) is 0 Å². The number of ether oxygens (including phenoxy) is 13. The number of rotatable bonds is 25. The van der Waals surface area contributed by atoms with Crippen LogP contribution in [-0.4, -0.2) is 151 Å². The van der Waals surface area contributed by atoms with E-state index in [2.05, 4.69) is 0 Å². The molecule has 452 valence electrons. The van der Waals surface area contributed by atoms with Crippen molar-refractivity contribution in [3.8, 4) is 0 Å². The fourth-order valence-corrected chi connectivity index (χ4v) is 11.9. The van der Waals surface area contributed by atoms with Crippen molar-refractivity contribution >= 4 is 47.5 Å². The SMILES string of the molecule is CCS[C@@H]1O[C@H](COCc2ccccc2)[C@@H](O[C@@H]2O[C@H](COC(C)=O)[C@H](OC(C)=O)[C@H](OC(C)=O)[C@H]2OC(C)=O)[C@H](O[C@@H]2O[C@@H](C)[C@@H](OCc3ccccc3)[C@@H](OCc3ccccc3)[C@@H]2OCc2ccccc2)[C@H]1N1C(=O)c2ccccc2C1=O. The van der Waals surface area contributed by atoms with Gasteiger partial charge in [-0.2, -0.15) is 0 Å². The van der Waals surface area contributed by atoms with E-state index in [0.717, 1.165) is 54.8 Å². The van der Waals surface area contributed by atoms with Gasteiger partial charge in [0.15, 0.2) is 30.9 Å². The lowest BCUT2D eigenvalue weighted by Gasteiger charge is -2.52. The Morgan fingerprint density at radius 2 is 0.894 bits per heavy atom. The molecule has 4 aliphatic heterocycles. The molecule has 9 rings (SSSR count). The van der Waals surface area contributed by atoms with E-state index in [4.69, 9.17) is 61.6 Å². The lowest BCUT2D eigenvalue weighted by molar-refractivity contribution is -0.368. The van der Waals surface area contributed by atoms with Gasteiger partial charge in [-0.25, -0.2) is 0 Å². The van der Waals surface area contributed by atoms with Crippen molar-refractivity contribution in [2.24, 2.45) is 0 Å². The summed E-state index contributed by atoms with van der Waals surface area (Å²) in [6.07, 6.45) is -17.5. The van der Waals surface area contributed by atoms with Crippen LogP contribution < -0.4 is 0 Å². The molecule has 4 heterocycles. The van der Waals surface area contributed by atoms with Gasteiger partial charge in [-0.15, -0.1) is 11.8 Å². The Morgan fingerprint density at radius 3 is 1.40 bits per heavy atom. The molecule has 5 aromatic carbocycles. The molecule has 0 aliphatic carbocycles. The largest absolute Gasteiger partial charge is 0.463 e. The van der Waals surface area contributed by atoms with Crippen molar-refractivity contribution in [3.05, 3.63) is 179 Å². The van der Waals surface area contributed by atoms with Crippen molar-refractivity contribution in [2.45, 2.75) is 159 Å². The monoisotopic (exact) mass is 1190 g/mol. The minimum Gasteiger partial charge on any atom is -0.463 e. The van der Waals surface area contributed by atoms with Crippen molar-refractivity contribution < 1.29 is 90.3 Å². The number of carbonyl (C=O) groups excluding carboxylic acids is 6. The number of esters is 4. The molecule has 3 saturated heterocycles. The molecule has 0 spiro atoms. The number of benzene rings is 5. The van der Waals surface area contributed by atoms with E-state index < -0.39 is 133 Å². The predicted molar refractivity (Wildman–Crippen MR) is 305 cm³/mol. The second-order valence-electron chi connectivity index (χ2n) is 20.8. The standard InChI is InChI=1S/C64H71NO19S/c1-7-85-64-51(65-60(70)47-30-20-21-31-48(47)61(65)71)55(84-62-58(76-35-46-28-18-11-19-29-46)56(75-34-45-26-16-10-17-27-45)52(38(2)77-62)74-33-44-24-14-9-15-25-44)53(49(82-64)36-72-32-43-22-12-8-13-23-43)83-63-59(80-42(6)69)57(79-41(5)68)54(78-40(4)67)50(81-63)37-73-39(3)66/h8-31,38,49-59,62-64H,7,32-37H2,1-6H3/t38-,49+,50+,51+,52+,53+,54-,55+,56+,57-,58-,59+,62-,63-,64-/m0/s1. The predicted octanol–water partition coefficient (Wildman–Crippen LogP) is 7.70. The van der Waals surface area contributed by atoms with Gasteiger partial charge < -0.3 is 61.6 Å². The average molecular weight is 1190 g/mol. The smallest absolute Gasteiger partial charge is 0.303 e. The third-order valence-electron chi connectivity index (χ3n) is 14.6. The highest BCUT2D eigenvalue weighted by Gasteiger charge is 2.60. The molecule has 0 unspecified atom stereocenters. The number of nitrogens with zero attached hydrogens (tertiary/aromatic N) is 1. The molecule has 0 aromatic heterocycles. The Balaban J connectivity index is 1.21. The molecule has 0 saturated carbocycles. The van der Waals surface area contributed by atoms with Crippen LogP contribution in [0.25, 0.3) is 0 Å². The van der Waals surface area contributed by atoms with Crippen LogP contribution in [-0.2, 0) is 107 Å². The topological polar surface area (TPSA) is 226 Å². The molecule has 5 aromatic rings. The maximum Gasteiger partial charge on any atom is 0.303 e. The van der Waals surface area contributed by atoms with E-state index in [1.807, 2.05) is 135 Å². The van der Waals surface area contributed by atoms with Gasteiger partial charge in [0.25, 0.3) is 11.8 Å². The third kappa shape index (κ3) is 16.0. The summed E-state index contributed by atoms with van der Waals surface area (Å²) in [6, 6.07) is 43.2. The van der Waals surface area contributed by atoms with Gasteiger partial charge >= 0.3 is 23.9 Å². The molecule has 0 N–H and O–H groups in total. The molecule has 2 amide bonds. The average Bonchev–Trinajstić information content (AvgIpc) is 2.38. The van der Waals surface area contributed by atoms with Crippen LogP contribution in [0.3, 0.4) is 0 Å². The van der Waals surface area contributed by atoms with Crippen LogP contribution in [0.15, 0.2) is 146 Å². The van der Waals surface area contributed by atoms with Crippen LogP contribution in [0.4, 0.5) is 0 Å². The number of hydrogen-bond donors (Lipinski definition) is 0. The summed E-state index contributed by atoms with van der Waals surface area (Å²) in [5.74, 6) is -4.21. The Hall–Kier alpha value is -6.89. The van der Waals surface area contributed by atoms with Gasteiger partial charge in [0.05, 0.1) is 50.3 Å². The summed E-state index contributed by atoms with van der Waals surface area (Å²) < 4.78 is 85.7. The zero-order valence-electron chi connectivity index (χ0n) is 48.1. The third-order valence-corrected chi connectivity index (χ3v) is 15.6. The van der Waals surface area contributed by atoms with Gasteiger partial charge in [-0.05, 0) is 47.1 Å². The number of hydrogen-bond acceptors (Lipinski definition) is 20. The van der Waals surface area contributed by atoms with E-state index in [1.165, 1.54) is 11.8 Å². The Bertz CT molecular complexity index is 2980.